The van der Waals surface area contributed by atoms with E-state index in [-0.39, 0.29) is 35.7 Å². The van der Waals surface area contributed by atoms with Crippen LogP contribution in [0.5, 0.6) is 11.5 Å². The second-order valence-electron chi connectivity index (χ2n) is 7.05. The van der Waals surface area contributed by atoms with Gasteiger partial charge in [-0.2, -0.15) is 0 Å². The topological polar surface area (TPSA) is 93.9 Å². The van der Waals surface area contributed by atoms with E-state index in [1.165, 1.54) is 21.1 Å². The molecular weight excluding hydrogens is 358 g/mol. The molecular formula is C18H28ClN3O4. The molecule has 26 heavy (non-hydrogen) atoms. The lowest BCUT2D eigenvalue weighted by Crippen LogP contribution is -2.54. The van der Waals surface area contributed by atoms with Crippen molar-refractivity contribution in [1.29, 1.82) is 0 Å². The molecule has 0 saturated carbocycles. The Morgan fingerprint density at radius 2 is 1.92 bits per heavy atom. The van der Waals surface area contributed by atoms with Gasteiger partial charge in [-0.25, -0.2) is 0 Å². The Kier molecular flexibility index (Phi) is 7.29. The van der Waals surface area contributed by atoms with Crippen LogP contribution in [0, 0.1) is 5.41 Å². The molecule has 1 unspecified atom stereocenters. The highest BCUT2D eigenvalue weighted by Crippen LogP contribution is 2.37. The van der Waals surface area contributed by atoms with E-state index >= 15 is 0 Å². The monoisotopic (exact) mass is 385 g/mol. The predicted octanol–water partition coefficient (Wildman–Crippen LogP) is 2.28. The average Bonchev–Trinajstić information content (AvgIpc) is 2.55. The average molecular weight is 386 g/mol. The molecule has 2 amide bonds. The van der Waals surface area contributed by atoms with Gasteiger partial charge < -0.3 is 25.4 Å². The fourth-order valence-electron chi connectivity index (χ4n) is 3.10. The number of likely N-dealkylation sites (tertiary alicyclic amines) is 1. The molecule has 8 heteroatoms. The van der Waals surface area contributed by atoms with Gasteiger partial charge in [0, 0.05) is 31.6 Å². The van der Waals surface area contributed by atoms with Crippen molar-refractivity contribution in [3.8, 4) is 11.5 Å². The Morgan fingerprint density at radius 3 is 2.42 bits per heavy atom. The number of piperidine rings is 1. The molecule has 0 aromatic heterocycles. The first-order valence-corrected chi connectivity index (χ1v) is 8.28. The highest BCUT2D eigenvalue weighted by molar-refractivity contribution is 5.99. The van der Waals surface area contributed by atoms with Crippen molar-refractivity contribution in [2.75, 3.05) is 32.6 Å². The van der Waals surface area contributed by atoms with Gasteiger partial charge in [-0.15, -0.1) is 12.4 Å². The molecule has 1 aliphatic heterocycles. The lowest BCUT2D eigenvalue weighted by atomic mass is 9.79. The minimum atomic E-state index is -0.255. The number of carbonyl (C=O) groups excluding carboxylic acids is 2. The molecule has 0 spiro atoms. The largest absolute Gasteiger partial charge is 0.493 e. The van der Waals surface area contributed by atoms with E-state index < -0.39 is 0 Å². The molecule has 3 N–H and O–H groups in total. The standard InChI is InChI=1S/C18H27N3O4.ClH/c1-11(22)20-13-8-12(9-14(24-4)16(13)25-5)17(23)21-7-6-15(19)18(2,3)10-21;/h8-9,15H,6-7,10,19H2,1-5H3,(H,20,22);1H. The summed E-state index contributed by atoms with van der Waals surface area (Å²) in [5.74, 6) is 0.405. The first-order valence-electron chi connectivity index (χ1n) is 8.28. The Morgan fingerprint density at radius 1 is 1.27 bits per heavy atom. The van der Waals surface area contributed by atoms with Gasteiger partial charge in [0.15, 0.2) is 11.5 Å². The lowest BCUT2D eigenvalue weighted by Gasteiger charge is -2.42. The van der Waals surface area contributed by atoms with Crippen LogP contribution in [0.3, 0.4) is 0 Å². The molecule has 1 atom stereocenters. The number of nitrogens with two attached hydrogens (primary N) is 1. The third-order valence-corrected chi connectivity index (χ3v) is 4.64. The quantitative estimate of drug-likeness (QED) is 0.829. The van der Waals surface area contributed by atoms with Gasteiger partial charge in [-0.05, 0) is 24.0 Å². The number of halogens is 1. The molecule has 1 saturated heterocycles. The summed E-state index contributed by atoms with van der Waals surface area (Å²) in [5.41, 5.74) is 6.85. The lowest BCUT2D eigenvalue weighted by molar-refractivity contribution is -0.114. The van der Waals surface area contributed by atoms with Crippen molar-refractivity contribution in [3.63, 3.8) is 0 Å². The van der Waals surface area contributed by atoms with E-state index in [0.717, 1.165) is 6.42 Å². The maximum Gasteiger partial charge on any atom is 0.254 e. The van der Waals surface area contributed by atoms with Crippen LogP contribution in [0.1, 0.15) is 37.6 Å². The summed E-state index contributed by atoms with van der Waals surface area (Å²) in [6, 6.07) is 3.32. The van der Waals surface area contributed by atoms with E-state index in [1.807, 2.05) is 0 Å². The van der Waals surface area contributed by atoms with Crippen LogP contribution in [0.25, 0.3) is 0 Å². The number of anilines is 1. The fourth-order valence-corrected chi connectivity index (χ4v) is 3.10. The van der Waals surface area contributed by atoms with Gasteiger partial charge in [0.05, 0.1) is 19.9 Å². The van der Waals surface area contributed by atoms with Crippen LogP contribution in [0.2, 0.25) is 0 Å². The van der Waals surface area contributed by atoms with Crippen LogP contribution in [-0.4, -0.2) is 50.1 Å². The van der Waals surface area contributed by atoms with Gasteiger partial charge in [0.2, 0.25) is 5.91 Å². The molecule has 7 nitrogen and oxygen atoms in total. The normalized spacial score (nSPS) is 18.5. The smallest absolute Gasteiger partial charge is 0.254 e. The number of amides is 2. The van der Waals surface area contributed by atoms with Crippen molar-refractivity contribution in [1.82, 2.24) is 4.90 Å². The Labute approximate surface area is 160 Å². The van der Waals surface area contributed by atoms with Gasteiger partial charge in [-0.1, -0.05) is 13.8 Å². The summed E-state index contributed by atoms with van der Waals surface area (Å²) in [7, 11) is 2.98. The van der Waals surface area contributed by atoms with Crippen molar-refractivity contribution in [3.05, 3.63) is 17.7 Å². The zero-order valence-corrected chi connectivity index (χ0v) is 16.7. The van der Waals surface area contributed by atoms with Crippen molar-refractivity contribution < 1.29 is 19.1 Å². The number of carbonyl (C=O) groups is 2. The first kappa shape index (κ1) is 22.1. The third-order valence-electron chi connectivity index (χ3n) is 4.64. The molecule has 2 rings (SSSR count). The van der Waals surface area contributed by atoms with E-state index in [4.69, 9.17) is 15.2 Å². The number of hydrogen-bond donors (Lipinski definition) is 2. The maximum absolute atomic E-state index is 13.0. The summed E-state index contributed by atoms with van der Waals surface area (Å²) >= 11 is 0. The summed E-state index contributed by atoms with van der Waals surface area (Å²) < 4.78 is 10.6. The number of nitrogens with one attached hydrogen (secondary N) is 1. The van der Waals surface area contributed by atoms with Crippen LogP contribution in [-0.2, 0) is 4.79 Å². The van der Waals surface area contributed by atoms with Gasteiger partial charge in [-0.3, -0.25) is 9.59 Å². The minimum Gasteiger partial charge on any atom is -0.493 e. The molecule has 146 valence electrons. The molecule has 0 bridgehead atoms. The highest BCUT2D eigenvalue weighted by Gasteiger charge is 2.36. The summed E-state index contributed by atoms with van der Waals surface area (Å²) in [6.45, 7) is 6.71. The molecule has 0 aliphatic carbocycles. The number of nitrogens with zero attached hydrogens (tertiary/aromatic N) is 1. The molecule has 1 fully saturated rings. The number of methoxy groups -OCH3 is 2. The molecule has 1 aliphatic rings. The van der Waals surface area contributed by atoms with Crippen LogP contribution >= 0.6 is 12.4 Å². The predicted molar refractivity (Wildman–Crippen MR) is 103 cm³/mol. The zero-order valence-electron chi connectivity index (χ0n) is 15.9. The third kappa shape index (κ3) is 4.59. The molecule has 1 heterocycles. The zero-order chi connectivity index (χ0) is 18.8. The Bertz CT molecular complexity index is 679. The van der Waals surface area contributed by atoms with E-state index in [1.54, 1.807) is 17.0 Å². The van der Waals surface area contributed by atoms with Crippen LogP contribution in [0.4, 0.5) is 5.69 Å². The molecule has 1 aromatic carbocycles. The minimum absolute atomic E-state index is 0. The van der Waals surface area contributed by atoms with Crippen LogP contribution < -0.4 is 20.5 Å². The number of ether oxygens (including phenoxy) is 2. The van der Waals surface area contributed by atoms with Crippen molar-refractivity contribution in [2.24, 2.45) is 11.1 Å². The second-order valence-corrected chi connectivity index (χ2v) is 7.05. The number of benzene rings is 1. The van der Waals surface area contributed by atoms with Crippen LogP contribution in [0.15, 0.2) is 12.1 Å². The summed E-state index contributed by atoms with van der Waals surface area (Å²) in [6.07, 6.45) is 0.755. The van der Waals surface area contributed by atoms with Gasteiger partial charge in [0.1, 0.15) is 0 Å². The van der Waals surface area contributed by atoms with Gasteiger partial charge >= 0.3 is 0 Å². The summed E-state index contributed by atoms with van der Waals surface area (Å²) in [5, 5.41) is 2.69. The SMILES string of the molecule is COc1cc(C(=O)N2CCC(N)C(C)(C)C2)cc(NC(C)=O)c1OC.Cl. The highest BCUT2D eigenvalue weighted by atomic mass is 35.5. The summed E-state index contributed by atoms with van der Waals surface area (Å²) in [4.78, 5) is 26.2. The number of rotatable bonds is 4. The molecule has 0 radical (unpaired) electrons. The van der Waals surface area contributed by atoms with E-state index in [9.17, 15) is 9.59 Å². The van der Waals surface area contributed by atoms with Crippen molar-refractivity contribution >= 4 is 29.9 Å². The Hall–Kier alpha value is -1.99. The molecule has 1 aromatic rings. The van der Waals surface area contributed by atoms with Crippen molar-refractivity contribution in [2.45, 2.75) is 33.2 Å². The second kappa shape index (κ2) is 8.60. The maximum atomic E-state index is 13.0. The Balaban J connectivity index is 0.00000338. The fraction of sp³-hybridized carbons (Fsp3) is 0.556. The van der Waals surface area contributed by atoms with E-state index in [0.29, 0.717) is 35.8 Å². The van der Waals surface area contributed by atoms with Gasteiger partial charge in [0.25, 0.3) is 5.91 Å². The first-order chi connectivity index (χ1) is 11.7. The van der Waals surface area contributed by atoms with E-state index in [2.05, 4.69) is 19.2 Å². The number of hydrogen-bond acceptors (Lipinski definition) is 5.